The van der Waals surface area contributed by atoms with Crippen molar-refractivity contribution in [1.29, 1.82) is 0 Å². The molecule has 0 atom stereocenters. The molecule has 12 nitrogen and oxygen atoms in total. The van der Waals surface area contributed by atoms with Gasteiger partial charge in [-0.3, -0.25) is 0 Å². The number of nitrogens with one attached hydrogen (secondary N) is 2. The molecule has 200 valence electrons. The second kappa shape index (κ2) is 14.6. The van der Waals surface area contributed by atoms with Crippen LogP contribution in [0.15, 0.2) is 75.0 Å². The number of hydrogen-bond donors (Lipinski definition) is 5. The molecule has 38 heavy (non-hydrogen) atoms. The third kappa shape index (κ3) is 8.31. The van der Waals surface area contributed by atoms with Crippen LogP contribution < -0.4 is 42.3 Å². The molecular weight excluding hydrogens is 510 g/mol. The molecule has 0 spiro atoms. The van der Waals surface area contributed by atoms with E-state index in [4.69, 9.17) is 31.4 Å². The molecule has 0 amide bonds. The highest BCUT2D eigenvalue weighted by atomic mass is 35.5. The minimum Gasteiger partial charge on any atom is -0.496 e. The van der Waals surface area contributed by atoms with E-state index >= 15 is 0 Å². The Kier molecular flexibility index (Phi) is 11.2. The van der Waals surface area contributed by atoms with Gasteiger partial charge in [-0.05, 0) is 36.4 Å². The lowest BCUT2D eigenvalue weighted by atomic mass is 10.2. The van der Waals surface area contributed by atoms with Gasteiger partial charge in [0.05, 0.1) is 40.0 Å². The molecular formula is C25H30ClN9O3. The first-order chi connectivity index (χ1) is 17.9. The number of benzene rings is 3. The van der Waals surface area contributed by atoms with E-state index in [9.17, 15) is 0 Å². The van der Waals surface area contributed by atoms with Crippen LogP contribution in [0.1, 0.15) is 16.7 Å². The van der Waals surface area contributed by atoms with Gasteiger partial charge in [-0.15, -0.1) is 17.5 Å². The van der Waals surface area contributed by atoms with Gasteiger partial charge in [-0.2, -0.15) is 15.3 Å². The first kappa shape index (κ1) is 29.3. The summed E-state index contributed by atoms with van der Waals surface area (Å²) in [7, 11) is 4.65. The predicted molar refractivity (Wildman–Crippen MR) is 156 cm³/mol. The lowest BCUT2D eigenvalue weighted by Gasteiger charge is -2.07. The van der Waals surface area contributed by atoms with Gasteiger partial charge in [0.25, 0.3) is 5.96 Å². The van der Waals surface area contributed by atoms with Crippen molar-refractivity contribution in [3.63, 3.8) is 0 Å². The molecule has 3 aromatic carbocycles. The second-order valence-electron chi connectivity index (χ2n) is 7.44. The van der Waals surface area contributed by atoms with Crippen molar-refractivity contribution in [1.82, 2.24) is 10.9 Å². The number of hydrogen-bond acceptors (Lipinski definition) is 10. The molecule has 0 aliphatic carbocycles. The molecule has 0 heterocycles. The summed E-state index contributed by atoms with van der Waals surface area (Å²) in [6.45, 7) is 0. The topological polar surface area (TPSA) is 179 Å². The number of nitrogens with zero attached hydrogens (tertiary/aromatic N) is 4. The second-order valence-corrected chi connectivity index (χ2v) is 7.44. The van der Waals surface area contributed by atoms with Gasteiger partial charge < -0.3 is 31.4 Å². The normalized spacial score (nSPS) is 10.8. The fraction of sp³-hybridized carbons (Fsp3) is 0.120. The summed E-state index contributed by atoms with van der Waals surface area (Å²) in [6.07, 6.45) is 4.62. The lowest BCUT2D eigenvalue weighted by molar-refractivity contribution is 0.414. The van der Waals surface area contributed by atoms with Crippen LogP contribution in [0.5, 0.6) is 17.2 Å². The molecule has 0 aromatic heterocycles. The smallest absolute Gasteiger partial charge is 0.257 e. The fourth-order valence-corrected chi connectivity index (χ4v) is 3.05. The quantitative estimate of drug-likeness (QED) is 0.119. The Morgan fingerprint density at radius 3 is 1.37 bits per heavy atom. The van der Waals surface area contributed by atoms with Gasteiger partial charge >= 0.3 is 0 Å². The highest BCUT2D eigenvalue weighted by molar-refractivity contribution is 5.89. The maximum absolute atomic E-state index is 5.81. The molecule has 0 bridgehead atoms. The number of guanidine groups is 1. The minimum absolute atomic E-state index is 0. The summed E-state index contributed by atoms with van der Waals surface area (Å²) >= 11 is 0. The van der Waals surface area contributed by atoms with Gasteiger partial charge in [0, 0.05) is 52.0 Å². The number of nitrogen functional groups attached to an aromatic ring is 3. The predicted octanol–water partition coefficient (Wildman–Crippen LogP) is 2.82. The van der Waals surface area contributed by atoms with Crippen LogP contribution in [0.25, 0.3) is 0 Å². The number of nitrogens with two attached hydrogens (primary N) is 3. The minimum atomic E-state index is 0. The zero-order chi connectivity index (χ0) is 26.6. The monoisotopic (exact) mass is 539 g/mol. The van der Waals surface area contributed by atoms with Gasteiger partial charge in [-0.25, -0.2) is 10.9 Å². The zero-order valence-corrected chi connectivity index (χ0v) is 21.9. The molecule has 0 radical (unpaired) electrons. The van der Waals surface area contributed by atoms with Crippen LogP contribution in [0.2, 0.25) is 0 Å². The molecule has 0 unspecified atom stereocenters. The van der Waals surface area contributed by atoms with Gasteiger partial charge in [0.2, 0.25) is 0 Å². The molecule has 0 fully saturated rings. The van der Waals surface area contributed by atoms with Crippen LogP contribution in [0, 0.1) is 0 Å². The van der Waals surface area contributed by atoms with Crippen LogP contribution in [0.4, 0.5) is 17.1 Å². The van der Waals surface area contributed by atoms with Crippen molar-refractivity contribution < 1.29 is 14.2 Å². The Balaban J connectivity index is 0.00000507. The summed E-state index contributed by atoms with van der Waals surface area (Å²) < 4.78 is 16.0. The Bertz CT molecular complexity index is 1280. The Morgan fingerprint density at radius 2 is 1.00 bits per heavy atom. The Hall–Kier alpha value is -4.97. The molecule has 8 N–H and O–H groups in total. The van der Waals surface area contributed by atoms with Crippen LogP contribution >= 0.6 is 12.4 Å². The number of methoxy groups -OCH3 is 3. The standard InChI is InChI=1S/C25H29N9O3.ClH/c1-35-22-10-19(26)7-4-16(22)13-29-32-25(33-30-14-17-5-8-20(27)11-23(17)36-2)34-31-15-18-6-9-21(28)12-24(18)37-3;/h4-15H,26-28H2,1-3H3,(H2,32,33,34);1H. The summed E-state index contributed by atoms with van der Waals surface area (Å²) in [5.74, 6) is 1.82. The SMILES string of the molecule is COc1cc(N)ccc1C=NN=C(NN=Cc1ccc(N)cc1OC)NN=Cc1ccc(N)cc1OC.Cl. The highest BCUT2D eigenvalue weighted by Gasteiger charge is 2.04. The molecule has 3 rings (SSSR count). The molecule has 0 saturated heterocycles. The number of ether oxygens (including phenoxy) is 3. The van der Waals surface area contributed by atoms with Crippen molar-refractivity contribution >= 4 is 54.1 Å². The average molecular weight is 540 g/mol. The molecule has 0 aliphatic rings. The fourth-order valence-electron chi connectivity index (χ4n) is 3.05. The van der Waals surface area contributed by atoms with Gasteiger partial charge in [0.1, 0.15) is 17.2 Å². The van der Waals surface area contributed by atoms with Crippen LogP contribution in [0.3, 0.4) is 0 Å². The van der Waals surface area contributed by atoms with E-state index in [1.165, 1.54) is 6.21 Å². The van der Waals surface area contributed by atoms with E-state index in [1.807, 2.05) is 0 Å². The van der Waals surface area contributed by atoms with E-state index in [0.717, 1.165) is 0 Å². The number of rotatable bonds is 9. The first-order valence-corrected chi connectivity index (χ1v) is 10.9. The van der Waals surface area contributed by atoms with E-state index in [0.29, 0.717) is 51.0 Å². The number of hydrazone groups is 2. The highest BCUT2D eigenvalue weighted by Crippen LogP contribution is 2.21. The summed E-state index contributed by atoms with van der Waals surface area (Å²) in [5, 5.41) is 16.7. The maximum Gasteiger partial charge on any atom is 0.257 e. The van der Waals surface area contributed by atoms with Crippen molar-refractivity contribution in [2.24, 2.45) is 20.4 Å². The summed E-state index contributed by atoms with van der Waals surface area (Å²) in [6, 6.07) is 15.6. The van der Waals surface area contributed by atoms with Crippen molar-refractivity contribution in [2.45, 2.75) is 0 Å². The maximum atomic E-state index is 5.81. The summed E-state index contributed by atoms with van der Waals surface area (Å²) in [5.41, 5.74) is 26.8. The molecule has 0 aliphatic heterocycles. The first-order valence-electron chi connectivity index (χ1n) is 10.9. The van der Waals surface area contributed by atoms with Gasteiger partial charge in [-0.1, -0.05) is 0 Å². The number of anilines is 3. The van der Waals surface area contributed by atoms with Crippen molar-refractivity contribution in [3.8, 4) is 17.2 Å². The number of halogens is 1. The largest absolute Gasteiger partial charge is 0.496 e. The Labute approximate surface area is 226 Å². The molecule has 0 saturated carbocycles. The average Bonchev–Trinajstić information content (AvgIpc) is 2.90. The summed E-state index contributed by atoms with van der Waals surface area (Å²) in [4.78, 5) is 0. The van der Waals surface area contributed by atoms with E-state index < -0.39 is 0 Å². The van der Waals surface area contributed by atoms with Crippen LogP contribution in [-0.2, 0) is 0 Å². The third-order valence-electron chi connectivity index (χ3n) is 4.88. The van der Waals surface area contributed by atoms with E-state index in [1.54, 1.807) is 88.4 Å². The zero-order valence-electron chi connectivity index (χ0n) is 21.1. The third-order valence-corrected chi connectivity index (χ3v) is 4.88. The lowest BCUT2D eigenvalue weighted by Crippen LogP contribution is -2.30. The van der Waals surface area contributed by atoms with E-state index in [-0.39, 0.29) is 18.4 Å². The molecule has 3 aromatic rings. The van der Waals surface area contributed by atoms with Crippen molar-refractivity contribution in [3.05, 3.63) is 71.3 Å². The van der Waals surface area contributed by atoms with Crippen molar-refractivity contribution in [2.75, 3.05) is 38.5 Å². The molecule has 13 heteroatoms. The Morgan fingerprint density at radius 1 is 0.632 bits per heavy atom. The van der Waals surface area contributed by atoms with Gasteiger partial charge in [0.15, 0.2) is 0 Å². The van der Waals surface area contributed by atoms with E-state index in [2.05, 4.69) is 31.3 Å². The van der Waals surface area contributed by atoms with Crippen LogP contribution in [-0.4, -0.2) is 45.9 Å².